The molecule has 31 heavy (non-hydrogen) atoms. The second kappa shape index (κ2) is 7.99. The zero-order chi connectivity index (χ0) is 23.0. The van der Waals surface area contributed by atoms with Crippen molar-refractivity contribution in [2.24, 2.45) is 0 Å². The molecule has 2 N–H and O–H groups in total. The summed E-state index contributed by atoms with van der Waals surface area (Å²) < 4.78 is 79.2. The minimum atomic E-state index is -5.02. The van der Waals surface area contributed by atoms with Gasteiger partial charge in [0.15, 0.2) is 5.70 Å². The first-order valence-electron chi connectivity index (χ1n) is 9.12. The third-order valence-electron chi connectivity index (χ3n) is 4.94. The number of hydrogen-bond acceptors (Lipinski definition) is 3. The van der Waals surface area contributed by atoms with Crippen LogP contribution in [0.3, 0.4) is 0 Å². The van der Waals surface area contributed by atoms with Crippen molar-refractivity contribution >= 4 is 10.9 Å². The molecule has 3 rings (SSSR count). The molecule has 2 aromatic rings. The number of fused-ring (bicyclic) bond motifs is 1. The number of benzene rings is 1. The number of hydrogen-bond donors (Lipinski definition) is 2. The van der Waals surface area contributed by atoms with Crippen LogP contribution in [0.15, 0.2) is 40.9 Å². The lowest BCUT2D eigenvalue weighted by atomic mass is 9.83. The normalized spacial score (nSPS) is 17.5. The summed E-state index contributed by atoms with van der Waals surface area (Å²) >= 11 is 0. The highest BCUT2D eigenvalue weighted by atomic mass is 19.4. The smallest absolute Gasteiger partial charge is 0.364 e. The van der Waals surface area contributed by atoms with Gasteiger partial charge in [-0.2, -0.15) is 36.7 Å². The predicted octanol–water partition coefficient (Wildman–Crippen LogP) is 5.63. The molecule has 5 nitrogen and oxygen atoms in total. The maximum atomic E-state index is 13.7. The summed E-state index contributed by atoms with van der Waals surface area (Å²) in [6, 6.07) is 5.99. The topological polar surface area (TPSA) is 68.9 Å². The van der Waals surface area contributed by atoms with Crippen molar-refractivity contribution in [1.29, 1.82) is 5.26 Å². The van der Waals surface area contributed by atoms with E-state index in [1.165, 1.54) is 24.3 Å². The zero-order valence-electron chi connectivity index (χ0n) is 16.0. The van der Waals surface area contributed by atoms with E-state index in [0.717, 1.165) is 0 Å². The average Bonchev–Trinajstić information content (AvgIpc) is 3.11. The Morgan fingerprint density at radius 3 is 2.48 bits per heavy atom. The van der Waals surface area contributed by atoms with Crippen LogP contribution in [0.2, 0.25) is 0 Å². The van der Waals surface area contributed by atoms with Crippen LogP contribution >= 0.6 is 0 Å². The summed E-state index contributed by atoms with van der Waals surface area (Å²) in [5.41, 5.74) is -1.64. The number of aromatic nitrogens is 2. The highest BCUT2D eigenvalue weighted by molar-refractivity contribution is 5.82. The molecule has 0 fully saturated rings. The van der Waals surface area contributed by atoms with Crippen LogP contribution in [0.25, 0.3) is 15.7 Å². The van der Waals surface area contributed by atoms with Gasteiger partial charge in [-0.1, -0.05) is 13.0 Å². The van der Waals surface area contributed by atoms with Gasteiger partial charge in [0.05, 0.1) is 29.6 Å². The van der Waals surface area contributed by atoms with Gasteiger partial charge in [0.25, 0.3) is 0 Å². The lowest BCUT2D eigenvalue weighted by Gasteiger charge is -2.30. The maximum absolute atomic E-state index is 13.7. The van der Waals surface area contributed by atoms with Crippen LogP contribution in [0.4, 0.5) is 26.3 Å². The molecule has 1 aliphatic rings. The van der Waals surface area contributed by atoms with Crippen LogP contribution in [-0.2, 0) is 6.42 Å². The third kappa shape index (κ3) is 4.36. The third-order valence-corrected chi connectivity index (χ3v) is 4.94. The van der Waals surface area contributed by atoms with Crippen molar-refractivity contribution in [3.63, 3.8) is 0 Å². The van der Waals surface area contributed by atoms with Gasteiger partial charge in [-0.05, 0) is 30.5 Å². The van der Waals surface area contributed by atoms with Crippen molar-refractivity contribution in [2.45, 2.75) is 44.5 Å². The van der Waals surface area contributed by atoms with E-state index in [1.54, 1.807) is 0 Å². The lowest BCUT2D eigenvalue weighted by molar-refractivity contribution is -0.134. The molecular weight excluding hydrogens is 424 g/mol. The van der Waals surface area contributed by atoms with Gasteiger partial charge in [-0.3, -0.25) is 5.10 Å². The van der Waals surface area contributed by atoms with E-state index in [9.17, 15) is 31.6 Å². The first-order valence-corrected chi connectivity index (χ1v) is 9.12. The van der Waals surface area contributed by atoms with E-state index < -0.39 is 48.1 Å². The van der Waals surface area contributed by atoms with Crippen molar-refractivity contribution in [1.82, 2.24) is 15.5 Å². The Bertz CT molecular complexity index is 1150. The van der Waals surface area contributed by atoms with Crippen LogP contribution < -0.4 is 5.32 Å². The second-order valence-electron chi connectivity index (χ2n) is 6.88. The Kier molecular flexibility index (Phi) is 5.72. The highest BCUT2D eigenvalue weighted by Crippen LogP contribution is 2.44. The summed E-state index contributed by atoms with van der Waals surface area (Å²) in [5.74, 6) is -1.45. The number of aromatic amines is 1. The quantitative estimate of drug-likeness (QED) is 0.480. The standard InChI is InChI=1S/C20H15F6N5/c1-3-13-11-8-10(4-5-14(11)31-30-13)16-12(9-27)18(20(24,25)26)29-15(17(16)28-2)6-7-19(21,22)23/h4-5,8,16,29H,3,6-7H2,1H3,(H,30,31). The molecule has 1 atom stereocenters. The summed E-state index contributed by atoms with van der Waals surface area (Å²) in [6.07, 6.45) is -11.3. The summed E-state index contributed by atoms with van der Waals surface area (Å²) in [5, 5.41) is 18.9. The van der Waals surface area contributed by atoms with Gasteiger partial charge in [0, 0.05) is 23.2 Å². The number of rotatable bonds is 4. The fourth-order valence-electron chi connectivity index (χ4n) is 3.53. The van der Waals surface area contributed by atoms with Crippen LogP contribution in [-0.4, -0.2) is 22.5 Å². The molecule has 1 aromatic heterocycles. The number of aryl methyl sites for hydroxylation is 1. The van der Waals surface area contributed by atoms with E-state index in [1.807, 2.05) is 12.2 Å². The summed E-state index contributed by atoms with van der Waals surface area (Å²) in [7, 11) is 0. The number of allylic oxidation sites excluding steroid dienone is 3. The molecule has 0 saturated carbocycles. The largest absolute Gasteiger partial charge is 0.432 e. The fourth-order valence-corrected chi connectivity index (χ4v) is 3.53. The van der Waals surface area contributed by atoms with Crippen molar-refractivity contribution in [2.75, 3.05) is 0 Å². The minimum Gasteiger partial charge on any atom is -0.364 e. The van der Waals surface area contributed by atoms with Crippen LogP contribution in [0.5, 0.6) is 0 Å². The van der Waals surface area contributed by atoms with Crippen molar-refractivity contribution in [3.8, 4) is 6.07 Å². The summed E-state index contributed by atoms with van der Waals surface area (Å²) in [6.45, 7) is 9.29. The number of dihydropyridines is 1. The first kappa shape index (κ1) is 22.2. The van der Waals surface area contributed by atoms with Gasteiger partial charge in [0.1, 0.15) is 5.70 Å². The molecule has 1 unspecified atom stereocenters. The summed E-state index contributed by atoms with van der Waals surface area (Å²) in [4.78, 5) is 3.24. The van der Waals surface area contributed by atoms with Crippen molar-refractivity contribution in [3.05, 3.63) is 63.5 Å². The molecule has 11 heteroatoms. The van der Waals surface area contributed by atoms with E-state index in [4.69, 9.17) is 6.57 Å². The molecule has 0 saturated heterocycles. The fraction of sp³-hybridized carbons (Fsp3) is 0.350. The number of nitrogens with one attached hydrogen (secondary N) is 2. The second-order valence-corrected chi connectivity index (χ2v) is 6.88. The Hall–Kier alpha value is -3.47. The molecule has 1 aliphatic heterocycles. The van der Waals surface area contributed by atoms with Gasteiger partial charge < -0.3 is 5.32 Å². The highest BCUT2D eigenvalue weighted by Gasteiger charge is 2.44. The number of nitriles is 1. The number of H-pyrrole nitrogens is 1. The van der Waals surface area contributed by atoms with E-state index in [0.29, 0.717) is 23.0 Å². The van der Waals surface area contributed by atoms with E-state index in [-0.39, 0.29) is 11.3 Å². The molecule has 0 radical (unpaired) electrons. The van der Waals surface area contributed by atoms with Gasteiger partial charge in [-0.15, -0.1) is 0 Å². The van der Waals surface area contributed by atoms with Crippen molar-refractivity contribution < 1.29 is 26.3 Å². The monoisotopic (exact) mass is 439 g/mol. The Morgan fingerprint density at radius 1 is 1.23 bits per heavy atom. The van der Waals surface area contributed by atoms with Crippen LogP contribution in [0, 0.1) is 17.9 Å². The Balaban J connectivity index is 2.23. The molecule has 0 bridgehead atoms. The SMILES string of the molecule is [C-]#[N+]C1=C(CCC(F)(F)F)NC(C(F)(F)F)=C(C#N)C1c1ccc2n[nH]c(CC)c2c1. The lowest BCUT2D eigenvalue weighted by Crippen LogP contribution is -2.34. The van der Waals surface area contributed by atoms with Gasteiger partial charge in [-0.25, -0.2) is 4.85 Å². The molecule has 0 amide bonds. The molecule has 2 heterocycles. The number of alkyl halides is 6. The maximum Gasteiger partial charge on any atom is 0.432 e. The Morgan fingerprint density at radius 2 is 1.94 bits per heavy atom. The molecule has 0 aliphatic carbocycles. The molecular formula is C20H15F6N5. The number of nitrogens with zero attached hydrogens (tertiary/aromatic N) is 3. The predicted molar refractivity (Wildman–Crippen MR) is 99.0 cm³/mol. The molecule has 1 aromatic carbocycles. The van der Waals surface area contributed by atoms with Gasteiger partial charge >= 0.3 is 12.4 Å². The minimum absolute atomic E-state index is 0.193. The van der Waals surface area contributed by atoms with Crippen LogP contribution in [0.1, 0.15) is 36.9 Å². The van der Waals surface area contributed by atoms with E-state index >= 15 is 0 Å². The Labute approximate surface area is 172 Å². The molecule has 162 valence electrons. The first-order chi connectivity index (χ1) is 14.5. The van der Waals surface area contributed by atoms with E-state index in [2.05, 4.69) is 15.0 Å². The number of halogens is 6. The van der Waals surface area contributed by atoms with Gasteiger partial charge in [0.2, 0.25) is 0 Å². The average molecular weight is 439 g/mol. The molecule has 0 spiro atoms. The zero-order valence-corrected chi connectivity index (χ0v) is 16.0.